The smallest absolute Gasteiger partial charge is 0.234 e. The van der Waals surface area contributed by atoms with Gasteiger partial charge in [-0.25, -0.2) is 0 Å². The lowest BCUT2D eigenvalue weighted by molar-refractivity contribution is -0.123. The van der Waals surface area contributed by atoms with Gasteiger partial charge in [-0.3, -0.25) is 9.69 Å². The summed E-state index contributed by atoms with van der Waals surface area (Å²) >= 11 is 0. The number of rotatable bonds is 8. The first kappa shape index (κ1) is 24.3. The van der Waals surface area contributed by atoms with E-state index in [0.29, 0.717) is 25.9 Å². The maximum absolute atomic E-state index is 12.7. The summed E-state index contributed by atoms with van der Waals surface area (Å²) in [6.45, 7) is 10.3. The zero-order valence-corrected chi connectivity index (χ0v) is 20.0. The van der Waals surface area contributed by atoms with Crippen LogP contribution in [0.3, 0.4) is 0 Å². The molecular weight excluding hydrogens is 400 g/mol. The Morgan fingerprint density at radius 3 is 2.59 bits per heavy atom. The quantitative estimate of drug-likeness (QED) is 0.653. The van der Waals surface area contributed by atoms with Crippen molar-refractivity contribution in [2.24, 2.45) is 0 Å². The van der Waals surface area contributed by atoms with E-state index in [1.54, 1.807) is 0 Å². The van der Waals surface area contributed by atoms with E-state index in [9.17, 15) is 9.90 Å². The van der Waals surface area contributed by atoms with Crippen molar-refractivity contribution in [2.45, 2.75) is 64.5 Å². The Morgan fingerprint density at radius 2 is 1.88 bits per heavy atom. The Morgan fingerprint density at radius 1 is 1.12 bits per heavy atom. The summed E-state index contributed by atoms with van der Waals surface area (Å²) in [5, 5.41) is 14.3. The number of carbonyl (C=O) groups is 1. The number of ether oxygens (including phenoxy) is 1. The molecule has 2 N–H and O–H groups in total. The molecule has 2 aromatic rings. The summed E-state index contributed by atoms with van der Waals surface area (Å²) in [5.74, 6) is 0.855. The fraction of sp³-hybridized carbons (Fsp3) is 0.519. The van der Waals surface area contributed by atoms with E-state index < -0.39 is 5.60 Å². The van der Waals surface area contributed by atoms with Gasteiger partial charge in [-0.2, -0.15) is 0 Å². The molecule has 1 heterocycles. The highest BCUT2D eigenvalue weighted by atomic mass is 16.5. The molecule has 2 aromatic carbocycles. The van der Waals surface area contributed by atoms with Gasteiger partial charge in [0, 0.05) is 12.1 Å². The molecule has 1 amide bonds. The van der Waals surface area contributed by atoms with E-state index >= 15 is 0 Å². The molecular formula is C27H38N2O3. The van der Waals surface area contributed by atoms with Gasteiger partial charge in [-0.1, -0.05) is 48.0 Å². The summed E-state index contributed by atoms with van der Waals surface area (Å²) in [6.07, 6.45) is 2.90. The molecule has 1 aliphatic heterocycles. The summed E-state index contributed by atoms with van der Waals surface area (Å²) in [6, 6.07) is 16.3. The molecule has 3 rings (SSSR count). The molecule has 1 fully saturated rings. The molecule has 5 heteroatoms. The minimum atomic E-state index is -0.866. The highest BCUT2D eigenvalue weighted by Gasteiger charge is 2.32. The van der Waals surface area contributed by atoms with E-state index in [2.05, 4.69) is 49.2 Å². The summed E-state index contributed by atoms with van der Waals surface area (Å²) in [5.41, 5.74) is 2.31. The second-order valence-corrected chi connectivity index (χ2v) is 10.0. The van der Waals surface area contributed by atoms with Crippen molar-refractivity contribution in [3.8, 4) is 5.75 Å². The van der Waals surface area contributed by atoms with Crippen LogP contribution in [0.15, 0.2) is 48.5 Å². The molecule has 1 atom stereocenters. The Bertz CT molecular complexity index is 897. The van der Waals surface area contributed by atoms with Gasteiger partial charge >= 0.3 is 0 Å². The number of carbonyl (C=O) groups excluding carboxylic acids is 1. The molecule has 32 heavy (non-hydrogen) atoms. The minimum absolute atomic E-state index is 0.0305. The van der Waals surface area contributed by atoms with Crippen molar-refractivity contribution in [3.05, 3.63) is 65.2 Å². The van der Waals surface area contributed by atoms with Gasteiger partial charge in [0.05, 0.1) is 12.1 Å². The Hall–Kier alpha value is -2.37. The predicted molar refractivity (Wildman–Crippen MR) is 129 cm³/mol. The van der Waals surface area contributed by atoms with Crippen LogP contribution < -0.4 is 10.1 Å². The molecule has 174 valence electrons. The van der Waals surface area contributed by atoms with E-state index in [4.69, 9.17) is 4.74 Å². The second kappa shape index (κ2) is 10.5. The number of benzene rings is 2. The Kier molecular flexibility index (Phi) is 7.96. The molecule has 0 spiro atoms. The van der Waals surface area contributed by atoms with Crippen molar-refractivity contribution in [3.63, 3.8) is 0 Å². The Labute approximate surface area is 192 Å². The number of hydrogen-bond acceptors (Lipinski definition) is 4. The lowest BCUT2D eigenvalue weighted by atomic mass is 9.95. The van der Waals surface area contributed by atoms with Crippen LogP contribution in [-0.4, -0.2) is 53.3 Å². The monoisotopic (exact) mass is 438 g/mol. The zero-order valence-electron chi connectivity index (χ0n) is 20.0. The van der Waals surface area contributed by atoms with Crippen molar-refractivity contribution < 1.29 is 14.6 Å². The fourth-order valence-electron chi connectivity index (χ4n) is 4.48. The van der Waals surface area contributed by atoms with Crippen LogP contribution in [0.5, 0.6) is 5.75 Å². The van der Waals surface area contributed by atoms with Crippen molar-refractivity contribution in [2.75, 3.05) is 26.2 Å². The first-order valence-electron chi connectivity index (χ1n) is 11.6. The highest BCUT2D eigenvalue weighted by Crippen LogP contribution is 2.26. The second-order valence-electron chi connectivity index (χ2n) is 10.0. The first-order chi connectivity index (χ1) is 15.1. The van der Waals surface area contributed by atoms with Crippen LogP contribution in [0.25, 0.3) is 0 Å². The standard InChI is InChI=1S/C27H38N2O3/c1-21-11-12-24(22(2)17-21)32-20-27(31)13-8-15-29(16-14-27)19-25(30)28-26(3,4)18-23-9-6-5-7-10-23/h5-7,9-12,17,31H,8,13-16,18-20H2,1-4H3,(H,28,30). The lowest BCUT2D eigenvalue weighted by Gasteiger charge is -2.29. The SMILES string of the molecule is Cc1ccc(OCC2(O)CCCN(CC(=O)NC(C)(C)Cc3ccccc3)CC2)c(C)c1. The van der Waals surface area contributed by atoms with E-state index in [-0.39, 0.29) is 18.1 Å². The molecule has 0 radical (unpaired) electrons. The summed E-state index contributed by atoms with van der Waals surface area (Å²) < 4.78 is 5.98. The van der Waals surface area contributed by atoms with Crippen LogP contribution in [-0.2, 0) is 11.2 Å². The number of nitrogens with one attached hydrogen (secondary N) is 1. The zero-order chi connectivity index (χ0) is 23.2. The average molecular weight is 439 g/mol. The van der Waals surface area contributed by atoms with Gasteiger partial charge in [0.15, 0.2) is 0 Å². The van der Waals surface area contributed by atoms with E-state index in [1.807, 2.05) is 37.3 Å². The largest absolute Gasteiger partial charge is 0.490 e. The van der Waals surface area contributed by atoms with E-state index in [1.165, 1.54) is 11.1 Å². The molecule has 5 nitrogen and oxygen atoms in total. The van der Waals surface area contributed by atoms with Gasteiger partial charge in [0.2, 0.25) is 5.91 Å². The van der Waals surface area contributed by atoms with Crippen molar-refractivity contribution >= 4 is 5.91 Å². The van der Waals surface area contributed by atoms with Crippen molar-refractivity contribution in [1.29, 1.82) is 0 Å². The van der Waals surface area contributed by atoms with Gasteiger partial charge in [0.25, 0.3) is 0 Å². The molecule has 1 saturated heterocycles. The normalized spacial score (nSPS) is 19.9. The third-order valence-electron chi connectivity index (χ3n) is 6.17. The molecule has 0 saturated carbocycles. The third kappa shape index (κ3) is 7.35. The highest BCUT2D eigenvalue weighted by molar-refractivity contribution is 5.78. The Balaban J connectivity index is 1.48. The maximum Gasteiger partial charge on any atom is 0.234 e. The fourth-order valence-corrected chi connectivity index (χ4v) is 4.48. The van der Waals surface area contributed by atoms with Crippen molar-refractivity contribution in [1.82, 2.24) is 10.2 Å². The topological polar surface area (TPSA) is 61.8 Å². The maximum atomic E-state index is 12.7. The number of amides is 1. The van der Waals surface area contributed by atoms with Gasteiger partial charge in [0.1, 0.15) is 12.4 Å². The molecule has 0 aliphatic carbocycles. The van der Waals surface area contributed by atoms with Crippen LogP contribution >= 0.6 is 0 Å². The lowest BCUT2D eigenvalue weighted by Crippen LogP contribution is -2.49. The van der Waals surface area contributed by atoms with Crippen LogP contribution in [0.4, 0.5) is 0 Å². The van der Waals surface area contributed by atoms with Gasteiger partial charge < -0.3 is 15.2 Å². The van der Waals surface area contributed by atoms with Crippen LogP contribution in [0.1, 0.15) is 49.8 Å². The number of likely N-dealkylation sites (tertiary alicyclic amines) is 1. The number of hydrogen-bond donors (Lipinski definition) is 2. The number of nitrogens with zero attached hydrogens (tertiary/aromatic N) is 1. The first-order valence-corrected chi connectivity index (χ1v) is 11.6. The molecule has 1 aliphatic rings. The number of aryl methyl sites for hydroxylation is 2. The molecule has 1 unspecified atom stereocenters. The molecule has 0 bridgehead atoms. The van der Waals surface area contributed by atoms with Gasteiger partial charge in [-0.15, -0.1) is 0 Å². The minimum Gasteiger partial charge on any atom is -0.490 e. The third-order valence-corrected chi connectivity index (χ3v) is 6.17. The average Bonchev–Trinajstić information content (AvgIpc) is 2.89. The van der Waals surface area contributed by atoms with Gasteiger partial charge in [-0.05, 0) is 77.1 Å². The number of aliphatic hydroxyl groups is 1. The summed E-state index contributed by atoms with van der Waals surface area (Å²) in [7, 11) is 0. The molecule has 0 aromatic heterocycles. The van der Waals surface area contributed by atoms with Crippen LogP contribution in [0, 0.1) is 13.8 Å². The predicted octanol–water partition coefficient (Wildman–Crippen LogP) is 4.04. The van der Waals surface area contributed by atoms with E-state index in [0.717, 1.165) is 30.7 Å². The van der Waals surface area contributed by atoms with Crippen LogP contribution in [0.2, 0.25) is 0 Å². The summed E-state index contributed by atoms with van der Waals surface area (Å²) in [4.78, 5) is 14.9.